The molecule has 1 saturated carbocycles. The molecule has 0 bridgehead atoms. The van der Waals surface area contributed by atoms with E-state index >= 15 is 0 Å². The Morgan fingerprint density at radius 1 is 1.44 bits per heavy atom. The maximum Gasteiger partial charge on any atom is 0.258 e. The number of nitrogens with zero attached hydrogens (tertiary/aromatic N) is 2. The van der Waals surface area contributed by atoms with E-state index in [4.69, 9.17) is 21.9 Å². The molecule has 18 heavy (non-hydrogen) atoms. The molecule has 0 saturated heterocycles. The largest absolute Gasteiger partial charge is 0.334 e. The summed E-state index contributed by atoms with van der Waals surface area (Å²) in [6, 6.07) is 4.08. The molecular formula is C12H11ClFN3O. The summed E-state index contributed by atoms with van der Waals surface area (Å²) in [6.45, 7) is 0. The fourth-order valence-electron chi connectivity index (χ4n) is 1.78. The Balaban J connectivity index is 1.89. The van der Waals surface area contributed by atoms with Gasteiger partial charge in [-0.25, -0.2) is 4.39 Å². The molecule has 1 aromatic carbocycles. The number of hydrogen-bond donors (Lipinski definition) is 1. The topological polar surface area (TPSA) is 64.9 Å². The summed E-state index contributed by atoms with van der Waals surface area (Å²) in [5, 5.41) is 3.88. The Labute approximate surface area is 108 Å². The summed E-state index contributed by atoms with van der Waals surface area (Å²) in [6.07, 6.45) is 2.21. The molecule has 1 atom stereocenters. The molecule has 0 amide bonds. The highest BCUT2D eigenvalue weighted by Crippen LogP contribution is 2.38. The van der Waals surface area contributed by atoms with Crippen LogP contribution in [0.1, 0.15) is 24.7 Å². The van der Waals surface area contributed by atoms with Crippen molar-refractivity contribution in [1.29, 1.82) is 0 Å². The van der Waals surface area contributed by atoms with Gasteiger partial charge >= 0.3 is 0 Å². The quantitative estimate of drug-likeness (QED) is 0.929. The van der Waals surface area contributed by atoms with Crippen LogP contribution in [0.25, 0.3) is 11.5 Å². The van der Waals surface area contributed by atoms with Crippen molar-refractivity contribution in [1.82, 2.24) is 10.1 Å². The van der Waals surface area contributed by atoms with Gasteiger partial charge in [-0.3, -0.25) is 0 Å². The van der Waals surface area contributed by atoms with E-state index in [9.17, 15) is 4.39 Å². The summed E-state index contributed by atoms with van der Waals surface area (Å²) >= 11 is 5.70. The summed E-state index contributed by atoms with van der Waals surface area (Å²) in [5.41, 5.74) is 6.56. The highest BCUT2D eigenvalue weighted by atomic mass is 35.5. The third kappa shape index (κ3) is 2.11. The van der Waals surface area contributed by atoms with Gasteiger partial charge in [0.05, 0.1) is 11.1 Å². The van der Waals surface area contributed by atoms with Crippen molar-refractivity contribution >= 4 is 11.6 Å². The Morgan fingerprint density at radius 2 is 2.22 bits per heavy atom. The van der Waals surface area contributed by atoms with E-state index in [1.165, 1.54) is 12.1 Å². The highest BCUT2D eigenvalue weighted by molar-refractivity contribution is 6.31. The molecule has 6 heteroatoms. The van der Waals surface area contributed by atoms with Crippen LogP contribution in [0.4, 0.5) is 4.39 Å². The average Bonchev–Trinajstić information content (AvgIpc) is 3.09. The number of aromatic nitrogens is 2. The second kappa shape index (κ2) is 4.33. The lowest BCUT2D eigenvalue weighted by Crippen LogP contribution is -2.13. The van der Waals surface area contributed by atoms with Crippen LogP contribution < -0.4 is 5.73 Å². The van der Waals surface area contributed by atoms with Gasteiger partial charge in [-0.2, -0.15) is 4.98 Å². The fraction of sp³-hybridized carbons (Fsp3) is 0.333. The predicted octanol–water partition coefficient (Wildman–Crippen LogP) is 2.94. The van der Waals surface area contributed by atoms with Crippen LogP contribution in [0, 0.1) is 11.7 Å². The molecule has 3 rings (SSSR count). The molecule has 1 aliphatic carbocycles. The Bertz CT molecular complexity index is 582. The van der Waals surface area contributed by atoms with Crippen molar-refractivity contribution in [2.45, 2.75) is 18.9 Å². The van der Waals surface area contributed by atoms with Crippen LogP contribution in [-0.4, -0.2) is 10.1 Å². The second-order valence-corrected chi connectivity index (χ2v) is 4.86. The van der Waals surface area contributed by atoms with Gasteiger partial charge in [0.15, 0.2) is 5.82 Å². The standard InChI is InChI=1S/C12H11ClFN3O/c13-8-5-7(3-4-9(8)14)12-16-11(17-18-12)10(15)6-1-2-6/h3-6,10H,1-2,15H2. The number of benzene rings is 1. The van der Waals surface area contributed by atoms with Gasteiger partial charge in [0.2, 0.25) is 0 Å². The van der Waals surface area contributed by atoms with E-state index in [0.717, 1.165) is 12.8 Å². The minimum atomic E-state index is -0.477. The molecule has 4 nitrogen and oxygen atoms in total. The van der Waals surface area contributed by atoms with Crippen molar-refractivity contribution in [3.05, 3.63) is 34.9 Å². The van der Waals surface area contributed by atoms with Crippen LogP contribution in [0.5, 0.6) is 0 Å². The molecule has 1 aromatic heterocycles. The molecular weight excluding hydrogens is 257 g/mol. The van der Waals surface area contributed by atoms with Gasteiger partial charge in [-0.05, 0) is 37.0 Å². The zero-order valence-corrected chi connectivity index (χ0v) is 10.2. The molecule has 0 aliphatic heterocycles. The second-order valence-electron chi connectivity index (χ2n) is 4.45. The van der Waals surface area contributed by atoms with Gasteiger partial charge in [0, 0.05) is 5.56 Å². The Hall–Kier alpha value is -1.46. The minimum Gasteiger partial charge on any atom is -0.334 e. The van der Waals surface area contributed by atoms with E-state index in [0.29, 0.717) is 23.2 Å². The lowest BCUT2D eigenvalue weighted by Gasteiger charge is -2.01. The lowest BCUT2D eigenvalue weighted by molar-refractivity contribution is 0.411. The van der Waals surface area contributed by atoms with Crippen molar-refractivity contribution < 1.29 is 8.91 Å². The molecule has 2 N–H and O–H groups in total. The lowest BCUT2D eigenvalue weighted by atomic mass is 10.2. The molecule has 1 aliphatic rings. The number of hydrogen-bond acceptors (Lipinski definition) is 4. The van der Waals surface area contributed by atoms with E-state index in [1.807, 2.05) is 0 Å². The molecule has 94 valence electrons. The van der Waals surface area contributed by atoms with E-state index < -0.39 is 5.82 Å². The SMILES string of the molecule is NC(c1noc(-c2ccc(F)c(Cl)c2)n1)C1CC1. The summed E-state index contributed by atoms with van der Waals surface area (Å²) in [7, 11) is 0. The molecule has 2 aromatic rings. The molecule has 1 fully saturated rings. The molecule has 0 spiro atoms. The van der Waals surface area contributed by atoms with Crippen molar-refractivity contribution in [3.63, 3.8) is 0 Å². The molecule has 1 unspecified atom stereocenters. The number of halogens is 2. The first-order valence-electron chi connectivity index (χ1n) is 5.70. The molecule has 0 radical (unpaired) electrons. The summed E-state index contributed by atoms with van der Waals surface area (Å²) in [4.78, 5) is 4.23. The van der Waals surface area contributed by atoms with E-state index in [2.05, 4.69) is 10.1 Å². The van der Waals surface area contributed by atoms with Crippen molar-refractivity contribution in [2.24, 2.45) is 11.7 Å². The van der Waals surface area contributed by atoms with Gasteiger partial charge in [-0.15, -0.1) is 0 Å². The van der Waals surface area contributed by atoms with Crippen LogP contribution in [0.3, 0.4) is 0 Å². The number of nitrogens with two attached hydrogens (primary N) is 1. The maximum atomic E-state index is 13.0. The zero-order chi connectivity index (χ0) is 12.7. The third-order valence-corrected chi connectivity index (χ3v) is 3.33. The summed E-state index contributed by atoms with van der Waals surface area (Å²) in [5.74, 6) is 0.776. The first-order chi connectivity index (χ1) is 8.65. The van der Waals surface area contributed by atoms with E-state index in [1.54, 1.807) is 6.07 Å². The first-order valence-corrected chi connectivity index (χ1v) is 6.07. The highest BCUT2D eigenvalue weighted by Gasteiger charge is 2.32. The zero-order valence-electron chi connectivity index (χ0n) is 9.44. The minimum absolute atomic E-state index is 0.0266. The van der Waals surface area contributed by atoms with Crippen LogP contribution >= 0.6 is 11.6 Å². The molecule has 1 heterocycles. The van der Waals surface area contributed by atoms with Crippen LogP contribution in [-0.2, 0) is 0 Å². The first kappa shape index (κ1) is 11.6. The third-order valence-electron chi connectivity index (χ3n) is 3.04. The van der Waals surface area contributed by atoms with Gasteiger partial charge in [-0.1, -0.05) is 16.8 Å². The maximum absolute atomic E-state index is 13.0. The van der Waals surface area contributed by atoms with Gasteiger partial charge in [0.1, 0.15) is 5.82 Å². The van der Waals surface area contributed by atoms with Crippen molar-refractivity contribution in [2.75, 3.05) is 0 Å². The van der Waals surface area contributed by atoms with Gasteiger partial charge < -0.3 is 10.3 Å². The van der Waals surface area contributed by atoms with Crippen LogP contribution in [0.15, 0.2) is 22.7 Å². The normalized spacial score (nSPS) is 16.8. The summed E-state index contributed by atoms with van der Waals surface area (Å²) < 4.78 is 18.2. The smallest absolute Gasteiger partial charge is 0.258 e. The number of rotatable bonds is 3. The monoisotopic (exact) mass is 267 g/mol. The Morgan fingerprint density at radius 3 is 2.89 bits per heavy atom. The van der Waals surface area contributed by atoms with E-state index in [-0.39, 0.29) is 11.1 Å². The van der Waals surface area contributed by atoms with Crippen molar-refractivity contribution in [3.8, 4) is 11.5 Å². The predicted molar refractivity (Wildman–Crippen MR) is 64.4 cm³/mol. The fourth-order valence-corrected chi connectivity index (χ4v) is 1.96. The van der Waals surface area contributed by atoms with Crippen LogP contribution in [0.2, 0.25) is 5.02 Å². The average molecular weight is 268 g/mol. The van der Waals surface area contributed by atoms with Gasteiger partial charge in [0.25, 0.3) is 5.89 Å². The Kier molecular flexibility index (Phi) is 2.80.